The van der Waals surface area contributed by atoms with Gasteiger partial charge in [-0.05, 0) is 68.8 Å². The lowest BCUT2D eigenvalue weighted by molar-refractivity contribution is -0.385. The van der Waals surface area contributed by atoms with Crippen molar-refractivity contribution in [2.75, 3.05) is 18.0 Å². The molecule has 0 fully saturated rings. The predicted octanol–water partition coefficient (Wildman–Crippen LogP) is 6.58. The van der Waals surface area contributed by atoms with Crippen LogP contribution in [0.5, 0.6) is 5.75 Å². The average Bonchev–Trinajstić information content (AvgIpc) is 3.06. The van der Waals surface area contributed by atoms with Gasteiger partial charge in [-0.15, -0.1) is 0 Å². The summed E-state index contributed by atoms with van der Waals surface area (Å²) in [5.74, 6) is -0.790. The number of benzene rings is 4. The highest BCUT2D eigenvalue weighted by Crippen LogP contribution is 2.31. The first-order chi connectivity index (χ1) is 23.2. The molecular formula is C35H36Cl2N4O7S. The number of methoxy groups -OCH3 is 1. The number of rotatable bonds is 14. The van der Waals surface area contributed by atoms with Crippen LogP contribution in [0.4, 0.5) is 11.4 Å². The van der Waals surface area contributed by atoms with Crippen molar-refractivity contribution in [2.45, 2.75) is 50.7 Å². The van der Waals surface area contributed by atoms with E-state index in [1.54, 1.807) is 32.0 Å². The van der Waals surface area contributed by atoms with Crippen LogP contribution in [0.3, 0.4) is 0 Å². The molecule has 258 valence electrons. The molecule has 1 unspecified atom stereocenters. The summed E-state index contributed by atoms with van der Waals surface area (Å²) in [5.41, 5.74) is 1.06. The van der Waals surface area contributed by atoms with Crippen LogP contribution in [0.2, 0.25) is 10.0 Å². The highest BCUT2D eigenvalue weighted by Gasteiger charge is 2.36. The molecule has 0 aliphatic heterocycles. The van der Waals surface area contributed by atoms with Gasteiger partial charge in [-0.2, -0.15) is 0 Å². The maximum absolute atomic E-state index is 14.6. The predicted molar refractivity (Wildman–Crippen MR) is 190 cm³/mol. The molecule has 0 aliphatic carbocycles. The highest BCUT2D eigenvalue weighted by atomic mass is 35.5. The molecule has 0 saturated carbocycles. The molecule has 0 aromatic heterocycles. The number of carbonyl (C=O) groups is 2. The van der Waals surface area contributed by atoms with Gasteiger partial charge in [0.05, 0.1) is 22.6 Å². The molecule has 14 heteroatoms. The Labute approximate surface area is 295 Å². The number of sulfonamides is 1. The van der Waals surface area contributed by atoms with Crippen LogP contribution >= 0.6 is 23.2 Å². The second-order valence-electron chi connectivity index (χ2n) is 11.5. The molecule has 4 aromatic rings. The van der Waals surface area contributed by atoms with Crippen LogP contribution in [0, 0.1) is 17.0 Å². The lowest BCUT2D eigenvalue weighted by Crippen LogP contribution is -2.54. The molecule has 0 saturated heterocycles. The van der Waals surface area contributed by atoms with Crippen molar-refractivity contribution < 1.29 is 27.7 Å². The number of aryl methyl sites for hydroxylation is 1. The van der Waals surface area contributed by atoms with Gasteiger partial charge in [0.15, 0.2) is 0 Å². The molecule has 11 nitrogen and oxygen atoms in total. The van der Waals surface area contributed by atoms with Gasteiger partial charge in [0, 0.05) is 46.2 Å². The molecule has 0 bridgehead atoms. The molecule has 0 radical (unpaired) electrons. The average molecular weight is 728 g/mol. The second kappa shape index (κ2) is 16.2. The van der Waals surface area contributed by atoms with E-state index in [9.17, 15) is 28.1 Å². The van der Waals surface area contributed by atoms with Crippen molar-refractivity contribution in [3.05, 3.63) is 128 Å². The number of anilines is 1. The van der Waals surface area contributed by atoms with Crippen molar-refractivity contribution >= 4 is 56.4 Å². The standard InChI is InChI=1S/C35H36Cl2N4O7S/c1-23(2)38-35(43)33(19-25-9-6-5-7-10-25)39(21-29-30(36)11-8-12-31(29)37)34(42)22-40(26-14-16-27(48-4)17-15-26)49(46,47)28-18-13-24(3)32(20-28)41(44)45/h5-18,20,23,33H,19,21-22H2,1-4H3,(H,38,43). The van der Waals surface area contributed by atoms with Crippen molar-refractivity contribution in [2.24, 2.45) is 0 Å². The van der Waals surface area contributed by atoms with Crippen molar-refractivity contribution in [3.8, 4) is 5.75 Å². The fourth-order valence-electron chi connectivity index (χ4n) is 5.14. The van der Waals surface area contributed by atoms with E-state index >= 15 is 0 Å². The third-order valence-electron chi connectivity index (χ3n) is 7.70. The summed E-state index contributed by atoms with van der Waals surface area (Å²) in [4.78, 5) is 40.4. The van der Waals surface area contributed by atoms with E-state index in [1.165, 1.54) is 55.3 Å². The van der Waals surface area contributed by atoms with Crippen LogP contribution in [-0.4, -0.2) is 55.8 Å². The van der Waals surface area contributed by atoms with Crippen LogP contribution in [-0.2, 0) is 32.6 Å². The maximum atomic E-state index is 14.6. The first kappa shape index (κ1) is 37.2. The molecule has 4 rings (SSSR count). The van der Waals surface area contributed by atoms with Gasteiger partial charge >= 0.3 is 0 Å². The van der Waals surface area contributed by atoms with E-state index in [1.807, 2.05) is 30.3 Å². The number of nitrogens with one attached hydrogen (secondary N) is 1. The van der Waals surface area contributed by atoms with Crippen LogP contribution < -0.4 is 14.4 Å². The number of hydrogen-bond donors (Lipinski definition) is 1. The van der Waals surface area contributed by atoms with Crippen molar-refractivity contribution in [1.82, 2.24) is 10.2 Å². The Hall–Kier alpha value is -4.65. The Morgan fingerprint density at radius 1 is 0.939 bits per heavy atom. The van der Waals surface area contributed by atoms with E-state index in [2.05, 4.69) is 5.32 Å². The van der Waals surface area contributed by atoms with Crippen LogP contribution in [0.1, 0.15) is 30.5 Å². The summed E-state index contributed by atoms with van der Waals surface area (Å²) >= 11 is 13.1. The smallest absolute Gasteiger partial charge is 0.273 e. The number of ether oxygens (including phenoxy) is 1. The molecule has 4 aromatic carbocycles. The first-order valence-electron chi connectivity index (χ1n) is 15.2. The molecule has 0 heterocycles. The van der Waals surface area contributed by atoms with E-state index in [-0.39, 0.29) is 40.3 Å². The largest absolute Gasteiger partial charge is 0.497 e. The summed E-state index contributed by atoms with van der Waals surface area (Å²) in [6.07, 6.45) is 0.0899. The van der Waals surface area contributed by atoms with Gasteiger partial charge < -0.3 is 15.0 Å². The minimum atomic E-state index is -4.60. The van der Waals surface area contributed by atoms with Crippen LogP contribution in [0.25, 0.3) is 0 Å². The summed E-state index contributed by atoms with van der Waals surface area (Å²) in [7, 11) is -3.15. The SMILES string of the molecule is COc1ccc(N(CC(=O)N(Cc2c(Cl)cccc2Cl)C(Cc2ccccc2)C(=O)NC(C)C)S(=O)(=O)c2ccc(C)c([N+](=O)[O-])c2)cc1. The van der Waals surface area contributed by atoms with Gasteiger partial charge in [0.25, 0.3) is 15.7 Å². The molecule has 0 spiro atoms. The van der Waals surface area contributed by atoms with Crippen molar-refractivity contribution in [3.63, 3.8) is 0 Å². The number of nitrogens with zero attached hydrogens (tertiary/aromatic N) is 3. The third kappa shape index (κ3) is 9.08. The summed E-state index contributed by atoms with van der Waals surface area (Å²) in [6.45, 7) is 4.05. The summed E-state index contributed by atoms with van der Waals surface area (Å²) < 4.78 is 34.7. The second-order valence-corrected chi connectivity index (χ2v) is 14.2. The Bertz CT molecular complexity index is 1900. The Morgan fingerprint density at radius 3 is 2.14 bits per heavy atom. The van der Waals surface area contributed by atoms with E-state index < -0.39 is 49.9 Å². The lowest BCUT2D eigenvalue weighted by atomic mass is 10.0. The van der Waals surface area contributed by atoms with Gasteiger partial charge in [-0.3, -0.25) is 24.0 Å². The number of carbonyl (C=O) groups excluding carboxylic acids is 2. The monoisotopic (exact) mass is 726 g/mol. The summed E-state index contributed by atoms with van der Waals surface area (Å²) in [6, 6.07) is 22.0. The normalized spacial score (nSPS) is 11.9. The minimum Gasteiger partial charge on any atom is -0.497 e. The zero-order chi connectivity index (χ0) is 35.9. The molecule has 2 amide bonds. The zero-order valence-electron chi connectivity index (χ0n) is 27.3. The van der Waals surface area contributed by atoms with Crippen LogP contribution in [0.15, 0.2) is 95.9 Å². The Kier molecular flexibility index (Phi) is 12.3. The molecule has 1 N–H and O–H groups in total. The number of nitro benzene ring substituents is 1. The number of nitro groups is 1. The topological polar surface area (TPSA) is 139 Å². The quantitative estimate of drug-likeness (QED) is 0.114. The number of halogens is 2. The first-order valence-corrected chi connectivity index (χ1v) is 17.4. The third-order valence-corrected chi connectivity index (χ3v) is 10.2. The lowest BCUT2D eigenvalue weighted by Gasteiger charge is -2.34. The minimum absolute atomic E-state index is 0.0827. The Balaban J connectivity index is 1.88. The molecule has 49 heavy (non-hydrogen) atoms. The van der Waals surface area contributed by atoms with Gasteiger partial charge in [0.1, 0.15) is 18.3 Å². The van der Waals surface area contributed by atoms with Crippen molar-refractivity contribution in [1.29, 1.82) is 0 Å². The van der Waals surface area contributed by atoms with E-state index in [0.717, 1.165) is 15.9 Å². The highest BCUT2D eigenvalue weighted by molar-refractivity contribution is 7.92. The summed E-state index contributed by atoms with van der Waals surface area (Å²) in [5, 5.41) is 15.1. The van der Waals surface area contributed by atoms with Gasteiger partial charge in [-0.1, -0.05) is 65.7 Å². The van der Waals surface area contributed by atoms with E-state index in [0.29, 0.717) is 11.3 Å². The zero-order valence-corrected chi connectivity index (χ0v) is 29.6. The maximum Gasteiger partial charge on any atom is 0.273 e. The van der Waals surface area contributed by atoms with E-state index in [4.69, 9.17) is 27.9 Å². The molecular weight excluding hydrogens is 691 g/mol. The number of hydrogen-bond acceptors (Lipinski definition) is 7. The Morgan fingerprint density at radius 2 is 1.57 bits per heavy atom. The molecule has 0 aliphatic rings. The van der Waals surface area contributed by atoms with Gasteiger partial charge in [0.2, 0.25) is 11.8 Å². The molecule has 1 atom stereocenters. The number of amides is 2. The fraction of sp³-hybridized carbons (Fsp3) is 0.257. The fourth-order valence-corrected chi connectivity index (χ4v) is 7.09. The van der Waals surface area contributed by atoms with Gasteiger partial charge in [-0.25, -0.2) is 8.42 Å².